The van der Waals surface area contributed by atoms with Crippen LogP contribution in [0.5, 0.6) is 0 Å². The first-order valence-electron chi connectivity index (χ1n) is 5.32. The number of aryl methyl sites for hydroxylation is 1. The van der Waals surface area contributed by atoms with Gasteiger partial charge in [-0.25, -0.2) is 0 Å². The molecule has 0 fully saturated rings. The fourth-order valence-electron chi connectivity index (χ4n) is 1.29. The second-order valence-corrected chi connectivity index (χ2v) is 3.86. The highest BCUT2D eigenvalue weighted by Crippen LogP contribution is 2.06. The van der Waals surface area contributed by atoms with Gasteiger partial charge in [0.15, 0.2) is 0 Å². The number of hydrogen-bond acceptors (Lipinski definition) is 4. The molecule has 0 bridgehead atoms. The van der Waals surface area contributed by atoms with Gasteiger partial charge in [0.1, 0.15) is 5.76 Å². The average molecular weight is 212 g/mol. The predicted octanol–water partition coefficient (Wildman–Crippen LogP) is 1.47. The molecule has 1 rings (SSSR count). The molecule has 0 saturated heterocycles. The third-order valence-electron chi connectivity index (χ3n) is 2.19. The quantitative estimate of drug-likeness (QED) is 0.531. The van der Waals surface area contributed by atoms with Gasteiger partial charge in [-0.2, -0.15) is 0 Å². The van der Waals surface area contributed by atoms with Crippen molar-refractivity contribution in [3.8, 4) is 0 Å². The molecule has 0 aliphatic heterocycles. The Balaban J connectivity index is 2.22. The second-order valence-electron chi connectivity index (χ2n) is 3.86. The van der Waals surface area contributed by atoms with Crippen molar-refractivity contribution in [1.29, 1.82) is 0 Å². The van der Waals surface area contributed by atoms with Gasteiger partial charge in [-0.15, -0.1) is 0 Å². The summed E-state index contributed by atoms with van der Waals surface area (Å²) in [5.41, 5.74) is 2.75. The van der Waals surface area contributed by atoms with E-state index >= 15 is 0 Å². The number of nitrogens with one attached hydrogen (secondary N) is 1. The van der Waals surface area contributed by atoms with Gasteiger partial charge in [0.05, 0.1) is 19.0 Å². The predicted molar refractivity (Wildman–Crippen MR) is 59.2 cm³/mol. The SMILES string of the molecule is CC(C)OCC(CCc1ccco1)NN. The van der Waals surface area contributed by atoms with E-state index in [1.807, 2.05) is 26.0 Å². The Labute approximate surface area is 90.8 Å². The zero-order valence-corrected chi connectivity index (χ0v) is 9.40. The Kier molecular flexibility index (Phi) is 5.39. The summed E-state index contributed by atoms with van der Waals surface area (Å²) in [4.78, 5) is 0. The van der Waals surface area contributed by atoms with E-state index in [9.17, 15) is 0 Å². The molecule has 0 aliphatic carbocycles. The molecule has 4 heteroatoms. The van der Waals surface area contributed by atoms with Gasteiger partial charge in [-0.3, -0.25) is 11.3 Å². The summed E-state index contributed by atoms with van der Waals surface area (Å²) in [7, 11) is 0. The maximum Gasteiger partial charge on any atom is 0.103 e. The fraction of sp³-hybridized carbons (Fsp3) is 0.636. The van der Waals surface area contributed by atoms with Crippen molar-refractivity contribution in [2.45, 2.75) is 38.8 Å². The van der Waals surface area contributed by atoms with E-state index in [1.54, 1.807) is 6.26 Å². The number of hydrazine groups is 1. The molecular weight excluding hydrogens is 192 g/mol. The van der Waals surface area contributed by atoms with Crippen molar-refractivity contribution < 1.29 is 9.15 Å². The number of furan rings is 1. The number of hydrogen-bond donors (Lipinski definition) is 2. The van der Waals surface area contributed by atoms with E-state index in [4.69, 9.17) is 15.0 Å². The maximum absolute atomic E-state index is 5.49. The molecule has 1 atom stereocenters. The Bertz CT molecular complexity index is 247. The summed E-state index contributed by atoms with van der Waals surface area (Å²) in [6.45, 7) is 4.66. The lowest BCUT2D eigenvalue weighted by molar-refractivity contribution is 0.0594. The highest BCUT2D eigenvalue weighted by atomic mass is 16.5. The molecule has 0 radical (unpaired) electrons. The largest absolute Gasteiger partial charge is 0.469 e. The Morgan fingerprint density at radius 2 is 2.33 bits per heavy atom. The van der Waals surface area contributed by atoms with E-state index in [-0.39, 0.29) is 12.1 Å². The summed E-state index contributed by atoms with van der Waals surface area (Å²) < 4.78 is 10.7. The molecule has 1 unspecified atom stereocenters. The highest BCUT2D eigenvalue weighted by Gasteiger charge is 2.08. The molecule has 0 aliphatic rings. The lowest BCUT2D eigenvalue weighted by atomic mass is 10.1. The molecule has 0 saturated carbocycles. The van der Waals surface area contributed by atoms with Crippen LogP contribution in [0.1, 0.15) is 26.0 Å². The summed E-state index contributed by atoms with van der Waals surface area (Å²) >= 11 is 0. The molecule has 1 aromatic rings. The van der Waals surface area contributed by atoms with Gasteiger partial charge in [-0.05, 0) is 32.4 Å². The second kappa shape index (κ2) is 6.61. The third kappa shape index (κ3) is 4.97. The molecular formula is C11H20N2O2. The molecule has 0 spiro atoms. The maximum atomic E-state index is 5.49. The topological polar surface area (TPSA) is 60.4 Å². The molecule has 0 amide bonds. The minimum absolute atomic E-state index is 0.178. The summed E-state index contributed by atoms with van der Waals surface area (Å²) in [6, 6.07) is 4.04. The van der Waals surface area contributed by atoms with Crippen molar-refractivity contribution in [2.24, 2.45) is 5.84 Å². The lowest BCUT2D eigenvalue weighted by Gasteiger charge is -2.17. The first-order valence-corrected chi connectivity index (χ1v) is 5.32. The van der Waals surface area contributed by atoms with Gasteiger partial charge in [0, 0.05) is 12.5 Å². The van der Waals surface area contributed by atoms with Crippen LogP contribution in [-0.2, 0) is 11.2 Å². The normalized spacial score (nSPS) is 13.3. The van der Waals surface area contributed by atoms with Crippen molar-refractivity contribution in [3.63, 3.8) is 0 Å². The number of rotatable bonds is 7. The minimum atomic E-state index is 0.178. The van der Waals surface area contributed by atoms with Gasteiger partial charge in [0.2, 0.25) is 0 Å². The van der Waals surface area contributed by atoms with E-state index < -0.39 is 0 Å². The van der Waals surface area contributed by atoms with E-state index in [0.29, 0.717) is 6.61 Å². The van der Waals surface area contributed by atoms with Crippen LogP contribution in [0.4, 0.5) is 0 Å². The third-order valence-corrected chi connectivity index (χ3v) is 2.19. The monoisotopic (exact) mass is 212 g/mol. The Morgan fingerprint density at radius 1 is 1.53 bits per heavy atom. The van der Waals surface area contributed by atoms with Crippen molar-refractivity contribution >= 4 is 0 Å². The van der Waals surface area contributed by atoms with E-state index in [1.165, 1.54) is 0 Å². The molecule has 1 aromatic heterocycles. The van der Waals surface area contributed by atoms with Crippen LogP contribution in [0.2, 0.25) is 0 Å². The fourth-order valence-corrected chi connectivity index (χ4v) is 1.29. The Hall–Kier alpha value is -0.840. The van der Waals surface area contributed by atoms with Crippen LogP contribution in [0.3, 0.4) is 0 Å². The molecule has 15 heavy (non-hydrogen) atoms. The first kappa shape index (κ1) is 12.2. The van der Waals surface area contributed by atoms with E-state index in [0.717, 1.165) is 18.6 Å². The van der Waals surface area contributed by atoms with Crippen molar-refractivity contribution in [3.05, 3.63) is 24.2 Å². The summed E-state index contributed by atoms with van der Waals surface area (Å²) in [6.07, 6.45) is 3.72. The lowest BCUT2D eigenvalue weighted by Crippen LogP contribution is -2.39. The Morgan fingerprint density at radius 3 is 2.87 bits per heavy atom. The first-order chi connectivity index (χ1) is 7.22. The molecule has 1 heterocycles. The smallest absolute Gasteiger partial charge is 0.103 e. The summed E-state index contributed by atoms with van der Waals surface area (Å²) in [5, 5.41) is 0. The van der Waals surface area contributed by atoms with Gasteiger partial charge in [-0.1, -0.05) is 0 Å². The van der Waals surface area contributed by atoms with Crippen LogP contribution in [-0.4, -0.2) is 18.8 Å². The van der Waals surface area contributed by atoms with Gasteiger partial charge < -0.3 is 9.15 Å². The molecule has 3 N–H and O–H groups in total. The van der Waals surface area contributed by atoms with Crippen molar-refractivity contribution in [1.82, 2.24) is 5.43 Å². The van der Waals surface area contributed by atoms with E-state index in [2.05, 4.69) is 5.43 Å². The zero-order chi connectivity index (χ0) is 11.1. The molecule has 86 valence electrons. The molecule has 4 nitrogen and oxygen atoms in total. The van der Waals surface area contributed by atoms with Gasteiger partial charge >= 0.3 is 0 Å². The van der Waals surface area contributed by atoms with Crippen LogP contribution < -0.4 is 11.3 Å². The molecule has 0 aromatic carbocycles. The highest BCUT2D eigenvalue weighted by molar-refractivity contribution is 4.98. The van der Waals surface area contributed by atoms with Crippen LogP contribution in [0, 0.1) is 0 Å². The minimum Gasteiger partial charge on any atom is -0.469 e. The van der Waals surface area contributed by atoms with Crippen LogP contribution in [0.15, 0.2) is 22.8 Å². The number of nitrogens with two attached hydrogens (primary N) is 1. The zero-order valence-electron chi connectivity index (χ0n) is 9.40. The van der Waals surface area contributed by atoms with Crippen LogP contribution >= 0.6 is 0 Å². The van der Waals surface area contributed by atoms with Crippen molar-refractivity contribution in [2.75, 3.05) is 6.61 Å². The average Bonchev–Trinajstić information content (AvgIpc) is 2.70. The summed E-state index contributed by atoms with van der Waals surface area (Å²) in [5.74, 6) is 6.42. The van der Waals surface area contributed by atoms with Gasteiger partial charge in [0.25, 0.3) is 0 Å². The van der Waals surface area contributed by atoms with Crippen LogP contribution in [0.25, 0.3) is 0 Å². The standard InChI is InChI=1S/C11H20N2O2/c1-9(2)15-8-10(13-12)5-6-11-4-3-7-14-11/h3-4,7,9-10,13H,5-6,8,12H2,1-2H3. The number of ether oxygens (including phenoxy) is 1.